The maximum atomic E-state index is 12.0. The van der Waals surface area contributed by atoms with Gasteiger partial charge in [-0.15, -0.1) is 4.09 Å². The molecule has 2 N–H and O–H groups in total. The second kappa shape index (κ2) is 4.63. The highest BCUT2D eigenvalue weighted by Crippen LogP contribution is 2.21. The summed E-state index contributed by atoms with van der Waals surface area (Å²) in [5.41, 5.74) is 7.80. The summed E-state index contributed by atoms with van der Waals surface area (Å²) in [4.78, 5) is 4.08. The third-order valence-corrected chi connectivity index (χ3v) is 4.23. The number of hydrogen-bond acceptors (Lipinski definition) is 5. The Morgan fingerprint density at radius 3 is 2.58 bits per heavy atom. The van der Waals surface area contributed by atoms with Gasteiger partial charge in [0.2, 0.25) is 0 Å². The number of aromatic nitrogens is 3. The van der Waals surface area contributed by atoms with Crippen molar-refractivity contribution in [3.8, 4) is 11.3 Å². The van der Waals surface area contributed by atoms with E-state index in [1.54, 1.807) is 12.3 Å². The van der Waals surface area contributed by atoms with Crippen molar-refractivity contribution < 1.29 is 8.42 Å². The SMILES string of the molecule is Cc1cc(-c2cc(N)n(S(=O)(=O)N(C)C)n2)ccn1. The van der Waals surface area contributed by atoms with Crippen LogP contribution in [-0.2, 0) is 10.2 Å². The van der Waals surface area contributed by atoms with Crippen molar-refractivity contribution in [1.82, 2.24) is 18.5 Å². The van der Waals surface area contributed by atoms with Crippen LogP contribution < -0.4 is 5.73 Å². The van der Waals surface area contributed by atoms with Gasteiger partial charge in [0.25, 0.3) is 0 Å². The highest BCUT2D eigenvalue weighted by Gasteiger charge is 2.21. The normalized spacial score (nSPS) is 12.0. The van der Waals surface area contributed by atoms with E-state index in [9.17, 15) is 8.42 Å². The smallest absolute Gasteiger partial charge is 0.324 e. The fourth-order valence-electron chi connectivity index (χ4n) is 1.57. The second-order valence-electron chi connectivity index (χ2n) is 4.27. The first kappa shape index (κ1) is 13.5. The second-order valence-corrected chi connectivity index (χ2v) is 6.25. The predicted octanol–water partition coefficient (Wildman–Crippen LogP) is 0.490. The minimum atomic E-state index is -3.71. The van der Waals surface area contributed by atoms with Gasteiger partial charge in [0, 0.05) is 37.6 Å². The monoisotopic (exact) mass is 281 g/mol. The average molecular weight is 281 g/mol. The number of anilines is 1. The molecular weight excluding hydrogens is 266 g/mol. The van der Waals surface area contributed by atoms with Crippen LogP contribution in [0.1, 0.15) is 5.69 Å². The Hall–Kier alpha value is -1.93. The number of rotatable bonds is 3. The fraction of sp³-hybridized carbons (Fsp3) is 0.273. The van der Waals surface area contributed by atoms with Crippen molar-refractivity contribution >= 4 is 16.0 Å². The molecule has 2 rings (SSSR count). The Labute approximate surface area is 111 Å². The van der Waals surface area contributed by atoms with E-state index in [1.165, 1.54) is 20.2 Å². The summed E-state index contributed by atoms with van der Waals surface area (Å²) in [5.74, 6) is 0.0677. The van der Waals surface area contributed by atoms with Gasteiger partial charge in [-0.25, -0.2) is 0 Å². The van der Waals surface area contributed by atoms with Gasteiger partial charge in [-0.05, 0) is 19.1 Å². The Morgan fingerprint density at radius 2 is 2.00 bits per heavy atom. The lowest BCUT2D eigenvalue weighted by Crippen LogP contribution is -2.30. The van der Waals surface area contributed by atoms with Crippen LogP contribution in [0.25, 0.3) is 11.3 Å². The molecule has 2 aromatic rings. The van der Waals surface area contributed by atoms with Gasteiger partial charge in [0.1, 0.15) is 5.82 Å². The van der Waals surface area contributed by atoms with E-state index in [2.05, 4.69) is 10.1 Å². The van der Waals surface area contributed by atoms with Crippen LogP contribution in [-0.4, -0.2) is 41.0 Å². The first-order valence-electron chi connectivity index (χ1n) is 5.54. The molecule has 8 heteroatoms. The van der Waals surface area contributed by atoms with Crippen molar-refractivity contribution in [2.45, 2.75) is 6.92 Å². The number of hydrogen-bond donors (Lipinski definition) is 1. The molecule has 2 heterocycles. The van der Waals surface area contributed by atoms with Crippen molar-refractivity contribution in [2.24, 2.45) is 0 Å². The third kappa shape index (κ3) is 2.45. The van der Waals surface area contributed by atoms with Crippen LogP contribution >= 0.6 is 0 Å². The largest absolute Gasteiger partial charge is 0.383 e. The Balaban J connectivity index is 2.54. The number of nitrogens with two attached hydrogens (primary N) is 1. The van der Waals surface area contributed by atoms with E-state index in [0.29, 0.717) is 5.69 Å². The number of nitrogens with zero attached hydrogens (tertiary/aromatic N) is 4. The van der Waals surface area contributed by atoms with E-state index >= 15 is 0 Å². The molecule has 0 atom stereocenters. The lowest BCUT2D eigenvalue weighted by Gasteiger charge is -2.11. The summed E-state index contributed by atoms with van der Waals surface area (Å²) >= 11 is 0. The molecule has 0 aliphatic rings. The van der Waals surface area contributed by atoms with E-state index in [1.807, 2.05) is 13.0 Å². The first-order valence-corrected chi connectivity index (χ1v) is 6.93. The summed E-state index contributed by atoms with van der Waals surface area (Å²) in [6.07, 6.45) is 1.64. The summed E-state index contributed by atoms with van der Waals surface area (Å²) in [7, 11) is -0.860. The van der Waals surface area contributed by atoms with Gasteiger partial charge in [0.15, 0.2) is 0 Å². The molecule has 7 nitrogen and oxygen atoms in total. The Morgan fingerprint density at radius 1 is 1.32 bits per heavy atom. The van der Waals surface area contributed by atoms with E-state index < -0.39 is 10.2 Å². The quantitative estimate of drug-likeness (QED) is 0.883. The molecule has 2 aromatic heterocycles. The van der Waals surface area contributed by atoms with Crippen LogP contribution in [0.3, 0.4) is 0 Å². The van der Waals surface area contributed by atoms with Crippen LogP contribution in [0.5, 0.6) is 0 Å². The van der Waals surface area contributed by atoms with Gasteiger partial charge in [-0.3, -0.25) is 4.98 Å². The summed E-state index contributed by atoms with van der Waals surface area (Å²) in [6, 6.07) is 5.09. The van der Waals surface area contributed by atoms with Crippen molar-refractivity contribution in [2.75, 3.05) is 19.8 Å². The molecule has 0 unspecified atom stereocenters. The molecule has 102 valence electrons. The molecule has 19 heavy (non-hydrogen) atoms. The Bertz CT molecular complexity index is 706. The molecule has 0 saturated carbocycles. The van der Waals surface area contributed by atoms with Gasteiger partial charge >= 0.3 is 10.2 Å². The lowest BCUT2D eigenvalue weighted by atomic mass is 10.2. The topological polar surface area (TPSA) is 94.1 Å². The molecule has 0 bridgehead atoms. The minimum Gasteiger partial charge on any atom is -0.383 e. The molecule has 0 saturated heterocycles. The van der Waals surface area contributed by atoms with Gasteiger partial charge in [0.05, 0.1) is 5.69 Å². The number of nitrogen functional groups attached to an aromatic ring is 1. The highest BCUT2D eigenvalue weighted by atomic mass is 32.2. The molecule has 0 aliphatic heterocycles. The summed E-state index contributed by atoms with van der Waals surface area (Å²) in [5, 5.41) is 4.05. The molecule has 0 aromatic carbocycles. The zero-order valence-corrected chi connectivity index (χ0v) is 11.7. The van der Waals surface area contributed by atoms with E-state index in [4.69, 9.17) is 5.73 Å². The van der Waals surface area contributed by atoms with Crippen LogP contribution in [0.4, 0.5) is 5.82 Å². The van der Waals surface area contributed by atoms with Crippen LogP contribution in [0.15, 0.2) is 24.4 Å². The molecule has 0 spiro atoms. The Kier molecular flexibility index (Phi) is 3.29. The number of pyridine rings is 1. The van der Waals surface area contributed by atoms with Gasteiger partial charge in [-0.1, -0.05) is 0 Å². The molecule has 0 aliphatic carbocycles. The maximum Gasteiger partial charge on any atom is 0.324 e. The highest BCUT2D eigenvalue weighted by molar-refractivity contribution is 7.87. The summed E-state index contributed by atoms with van der Waals surface area (Å²) < 4.78 is 25.9. The zero-order valence-electron chi connectivity index (χ0n) is 10.9. The minimum absolute atomic E-state index is 0.0677. The van der Waals surface area contributed by atoms with Crippen molar-refractivity contribution in [3.63, 3.8) is 0 Å². The number of aryl methyl sites for hydroxylation is 1. The van der Waals surface area contributed by atoms with Gasteiger partial charge in [-0.2, -0.15) is 17.8 Å². The molecule has 0 fully saturated rings. The van der Waals surface area contributed by atoms with E-state index in [-0.39, 0.29) is 5.82 Å². The molecule has 0 radical (unpaired) electrons. The standard InChI is InChI=1S/C11H15N5O2S/c1-8-6-9(4-5-13-8)10-7-11(12)16(14-10)19(17,18)15(2)3/h4-7H,12H2,1-3H3. The molecule has 0 amide bonds. The van der Waals surface area contributed by atoms with Crippen LogP contribution in [0.2, 0.25) is 0 Å². The van der Waals surface area contributed by atoms with E-state index in [0.717, 1.165) is 19.6 Å². The van der Waals surface area contributed by atoms with Crippen molar-refractivity contribution in [1.29, 1.82) is 0 Å². The fourth-order valence-corrected chi connectivity index (χ4v) is 2.38. The average Bonchev–Trinajstić information content (AvgIpc) is 2.72. The lowest BCUT2D eigenvalue weighted by molar-refractivity contribution is 0.505. The summed E-state index contributed by atoms with van der Waals surface area (Å²) in [6.45, 7) is 1.85. The van der Waals surface area contributed by atoms with Gasteiger partial charge < -0.3 is 5.73 Å². The van der Waals surface area contributed by atoms with Crippen LogP contribution in [0, 0.1) is 6.92 Å². The zero-order chi connectivity index (χ0) is 14.2. The molecular formula is C11H15N5O2S. The maximum absolute atomic E-state index is 12.0. The van der Waals surface area contributed by atoms with Crippen molar-refractivity contribution in [3.05, 3.63) is 30.1 Å². The predicted molar refractivity (Wildman–Crippen MR) is 72.6 cm³/mol. The first-order chi connectivity index (χ1) is 8.82. The third-order valence-electron chi connectivity index (χ3n) is 2.58.